The second-order valence-corrected chi connectivity index (χ2v) is 5.29. The zero-order valence-corrected chi connectivity index (χ0v) is 9.45. The minimum absolute atomic E-state index is 0.167. The predicted molar refractivity (Wildman–Crippen MR) is 58.9 cm³/mol. The Kier molecular flexibility index (Phi) is 2.46. The number of ketones is 1. The molecule has 3 aliphatic heterocycles. The summed E-state index contributed by atoms with van der Waals surface area (Å²) in [5, 5.41) is 2.90. The van der Waals surface area contributed by atoms with Crippen LogP contribution in [0.25, 0.3) is 0 Å². The first-order valence-corrected chi connectivity index (χ1v) is 6.30. The zero-order valence-electron chi connectivity index (χ0n) is 9.45. The maximum atomic E-state index is 11.6. The van der Waals surface area contributed by atoms with Gasteiger partial charge in [-0.25, -0.2) is 0 Å². The summed E-state index contributed by atoms with van der Waals surface area (Å²) < 4.78 is 0. The molecule has 1 amide bonds. The molecule has 0 aromatic heterocycles. The van der Waals surface area contributed by atoms with Gasteiger partial charge < -0.3 is 5.32 Å². The second kappa shape index (κ2) is 3.84. The number of rotatable bonds is 1. The average Bonchev–Trinajstić information content (AvgIpc) is 2.63. The molecule has 16 heavy (non-hydrogen) atoms. The Hall–Kier alpha value is -0.900. The number of carbonyl (C=O) groups excluding carboxylic acids is 2. The molecule has 0 aromatic carbocycles. The van der Waals surface area contributed by atoms with Gasteiger partial charge in [0.05, 0.1) is 0 Å². The van der Waals surface area contributed by atoms with Gasteiger partial charge >= 0.3 is 0 Å². The normalized spacial score (nSPS) is 39.9. The number of carbonyl (C=O) groups is 2. The van der Waals surface area contributed by atoms with E-state index in [2.05, 4.69) is 10.2 Å². The van der Waals surface area contributed by atoms with Crippen molar-refractivity contribution in [2.75, 3.05) is 6.54 Å². The Labute approximate surface area is 95.4 Å². The van der Waals surface area contributed by atoms with Crippen LogP contribution in [0, 0.1) is 0 Å². The largest absolute Gasteiger partial charge is 0.354 e. The molecule has 4 nitrogen and oxygen atoms in total. The fourth-order valence-corrected chi connectivity index (χ4v) is 3.61. The van der Waals surface area contributed by atoms with E-state index in [4.69, 9.17) is 0 Å². The van der Waals surface area contributed by atoms with Crippen molar-refractivity contribution in [2.45, 2.75) is 56.7 Å². The third-order valence-electron chi connectivity index (χ3n) is 4.22. The number of amides is 1. The lowest BCUT2D eigenvalue weighted by atomic mass is 9.82. The lowest BCUT2D eigenvalue weighted by Crippen LogP contribution is -2.57. The first-order valence-electron chi connectivity index (χ1n) is 6.30. The highest BCUT2D eigenvalue weighted by atomic mass is 16.2. The summed E-state index contributed by atoms with van der Waals surface area (Å²) in [7, 11) is 0. The van der Waals surface area contributed by atoms with E-state index in [0.717, 1.165) is 19.4 Å². The Morgan fingerprint density at radius 3 is 2.25 bits per heavy atom. The second-order valence-electron chi connectivity index (χ2n) is 5.29. The van der Waals surface area contributed by atoms with E-state index in [1.165, 1.54) is 6.42 Å². The topological polar surface area (TPSA) is 49.4 Å². The van der Waals surface area contributed by atoms with Crippen molar-refractivity contribution in [1.82, 2.24) is 10.2 Å². The van der Waals surface area contributed by atoms with E-state index in [0.29, 0.717) is 43.2 Å². The summed E-state index contributed by atoms with van der Waals surface area (Å²) in [5.41, 5.74) is 0. The van der Waals surface area contributed by atoms with Crippen molar-refractivity contribution >= 4 is 11.7 Å². The molecule has 3 saturated heterocycles. The molecule has 0 spiro atoms. The molecule has 0 aliphatic carbocycles. The Balaban J connectivity index is 1.78. The van der Waals surface area contributed by atoms with Crippen molar-refractivity contribution in [2.24, 2.45) is 0 Å². The van der Waals surface area contributed by atoms with Crippen molar-refractivity contribution < 1.29 is 9.59 Å². The minimum atomic E-state index is 0.167. The number of hydrogen-bond acceptors (Lipinski definition) is 3. The van der Waals surface area contributed by atoms with Crippen LogP contribution in [0.1, 0.15) is 38.5 Å². The van der Waals surface area contributed by atoms with Crippen molar-refractivity contribution in [1.29, 1.82) is 0 Å². The molecule has 3 fully saturated rings. The summed E-state index contributed by atoms with van der Waals surface area (Å²) >= 11 is 0. The van der Waals surface area contributed by atoms with E-state index in [9.17, 15) is 9.59 Å². The highest BCUT2D eigenvalue weighted by molar-refractivity contribution is 5.81. The summed E-state index contributed by atoms with van der Waals surface area (Å²) in [6, 6.07) is 1.17. The highest BCUT2D eigenvalue weighted by Gasteiger charge is 2.42. The first kappa shape index (κ1) is 10.3. The molecule has 2 bridgehead atoms. The maximum absolute atomic E-state index is 11.6. The SMILES string of the molecule is O=C1CC2CCCC(C1)N2C1CNC(=O)C1. The monoisotopic (exact) mass is 222 g/mol. The standard InChI is InChI=1S/C12H18N2O2/c15-11-4-8-2-1-3-9(5-11)14(8)10-6-12(16)13-7-10/h8-10H,1-7H2,(H,13,16). The van der Waals surface area contributed by atoms with Gasteiger partial charge in [-0.1, -0.05) is 6.42 Å². The van der Waals surface area contributed by atoms with Crippen LogP contribution < -0.4 is 5.32 Å². The van der Waals surface area contributed by atoms with Gasteiger partial charge in [0.25, 0.3) is 0 Å². The van der Waals surface area contributed by atoms with E-state index in [-0.39, 0.29) is 5.91 Å². The molecule has 3 atom stereocenters. The van der Waals surface area contributed by atoms with Gasteiger partial charge in [0, 0.05) is 43.9 Å². The summed E-state index contributed by atoms with van der Waals surface area (Å²) in [6.45, 7) is 0.778. The van der Waals surface area contributed by atoms with Crippen LogP contribution in [-0.2, 0) is 9.59 Å². The van der Waals surface area contributed by atoms with Gasteiger partial charge in [-0.2, -0.15) is 0 Å². The number of nitrogens with zero attached hydrogens (tertiary/aromatic N) is 1. The van der Waals surface area contributed by atoms with Crippen molar-refractivity contribution in [3.8, 4) is 0 Å². The quantitative estimate of drug-likeness (QED) is 0.701. The first-order chi connectivity index (χ1) is 7.74. The Bertz CT molecular complexity index is 310. The molecule has 3 rings (SSSR count). The lowest BCUT2D eigenvalue weighted by Gasteiger charge is -2.48. The Morgan fingerprint density at radius 1 is 1.00 bits per heavy atom. The molecule has 0 radical (unpaired) electrons. The van der Waals surface area contributed by atoms with Crippen LogP contribution >= 0.6 is 0 Å². The van der Waals surface area contributed by atoms with E-state index in [1.807, 2.05) is 0 Å². The van der Waals surface area contributed by atoms with E-state index < -0.39 is 0 Å². The molecule has 1 N–H and O–H groups in total. The van der Waals surface area contributed by atoms with Crippen molar-refractivity contribution in [3.05, 3.63) is 0 Å². The molecule has 4 heteroatoms. The third-order valence-corrected chi connectivity index (χ3v) is 4.22. The third kappa shape index (κ3) is 1.65. The number of fused-ring (bicyclic) bond motifs is 2. The van der Waals surface area contributed by atoms with Crippen LogP contribution in [0.4, 0.5) is 0 Å². The van der Waals surface area contributed by atoms with Gasteiger partial charge in [0.1, 0.15) is 5.78 Å². The molecule has 3 aliphatic rings. The van der Waals surface area contributed by atoms with Crippen molar-refractivity contribution in [3.63, 3.8) is 0 Å². The predicted octanol–water partition coefficient (Wildman–Crippen LogP) is 0.461. The molecule has 3 unspecified atom stereocenters. The van der Waals surface area contributed by atoms with Crippen LogP contribution in [0.15, 0.2) is 0 Å². The smallest absolute Gasteiger partial charge is 0.221 e. The number of piperidine rings is 2. The molecule has 0 saturated carbocycles. The van der Waals surface area contributed by atoms with Gasteiger partial charge in [-0.05, 0) is 12.8 Å². The molecule has 88 valence electrons. The van der Waals surface area contributed by atoms with Crippen LogP contribution in [0.2, 0.25) is 0 Å². The Morgan fingerprint density at radius 2 is 1.69 bits per heavy atom. The van der Waals surface area contributed by atoms with E-state index in [1.54, 1.807) is 0 Å². The number of hydrogen-bond donors (Lipinski definition) is 1. The molecular weight excluding hydrogens is 204 g/mol. The fraction of sp³-hybridized carbons (Fsp3) is 0.833. The number of nitrogens with one attached hydrogen (secondary N) is 1. The summed E-state index contributed by atoms with van der Waals surface area (Å²) in [4.78, 5) is 25.3. The molecular formula is C12H18N2O2. The van der Waals surface area contributed by atoms with E-state index >= 15 is 0 Å². The minimum Gasteiger partial charge on any atom is -0.354 e. The molecule has 3 heterocycles. The van der Waals surface area contributed by atoms with Crippen LogP contribution in [0.3, 0.4) is 0 Å². The summed E-state index contributed by atoms with van der Waals surface area (Å²) in [5.74, 6) is 0.586. The van der Waals surface area contributed by atoms with Gasteiger partial charge in [0.2, 0.25) is 5.91 Å². The van der Waals surface area contributed by atoms with Gasteiger partial charge in [-0.3, -0.25) is 14.5 Å². The zero-order chi connectivity index (χ0) is 11.1. The van der Waals surface area contributed by atoms with Crippen LogP contribution in [-0.4, -0.2) is 41.3 Å². The summed E-state index contributed by atoms with van der Waals surface area (Å²) in [6.07, 6.45) is 5.55. The van der Waals surface area contributed by atoms with Gasteiger partial charge in [-0.15, -0.1) is 0 Å². The average molecular weight is 222 g/mol. The van der Waals surface area contributed by atoms with Crippen LogP contribution in [0.5, 0.6) is 0 Å². The highest BCUT2D eigenvalue weighted by Crippen LogP contribution is 2.35. The maximum Gasteiger partial charge on any atom is 0.221 e. The molecule has 0 aromatic rings. The fourth-order valence-electron chi connectivity index (χ4n) is 3.61. The van der Waals surface area contributed by atoms with Gasteiger partial charge in [0.15, 0.2) is 0 Å². The number of Topliss-reactive ketones (excluding diaryl/α,β-unsaturated/α-hetero) is 1. The lowest BCUT2D eigenvalue weighted by molar-refractivity contribution is -0.128.